The van der Waals surface area contributed by atoms with Crippen LogP contribution < -0.4 is 4.72 Å². The Labute approximate surface area is 252 Å². The number of aryl methyl sites for hydroxylation is 1. The Kier molecular flexibility index (Phi) is 9.67. The Bertz CT molecular complexity index is 1790. The fourth-order valence-electron chi connectivity index (χ4n) is 4.92. The molecule has 0 saturated carbocycles. The molecule has 4 rings (SSSR count). The molecule has 9 nitrogen and oxygen atoms in total. The number of rotatable bonds is 9. The lowest BCUT2D eigenvalue weighted by Gasteiger charge is -2.24. The first-order valence-electron chi connectivity index (χ1n) is 13.4. The van der Waals surface area contributed by atoms with Gasteiger partial charge in [-0.15, -0.1) is 0 Å². The summed E-state index contributed by atoms with van der Waals surface area (Å²) in [5.41, 5.74) is 1.29. The maximum absolute atomic E-state index is 14.5. The molecule has 3 aromatic rings. The van der Waals surface area contributed by atoms with Crippen molar-refractivity contribution in [1.82, 2.24) is 14.2 Å². The van der Waals surface area contributed by atoms with Crippen molar-refractivity contribution in [1.29, 1.82) is 0 Å². The van der Waals surface area contributed by atoms with Crippen LogP contribution in [0.25, 0.3) is 10.9 Å². The van der Waals surface area contributed by atoms with Crippen LogP contribution in [0.4, 0.5) is 8.78 Å². The number of nitrogens with zero attached hydrogens (tertiary/aromatic N) is 2. The maximum atomic E-state index is 14.5. The molecule has 2 amide bonds. The van der Waals surface area contributed by atoms with Gasteiger partial charge in [-0.2, -0.15) is 0 Å². The molecule has 1 N–H and O–H groups in total. The van der Waals surface area contributed by atoms with Gasteiger partial charge in [-0.1, -0.05) is 35.7 Å². The van der Waals surface area contributed by atoms with Gasteiger partial charge in [0, 0.05) is 41.5 Å². The summed E-state index contributed by atoms with van der Waals surface area (Å²) in [4.78, 5) is 51.9. The third-order valence-corrected chi connectivity index (χ3v) is 8.68. The number of sulfonamides is 1. The van der Waals surface area contributed by atoms with Crippen molar-refractivity contribution in [2.75, 3.05) is 12.3 Å². The summed E-state index contributed by atoms with van der Waals surface area (Å²) in [5.74, 6) is 1.60. The number of alkyl halides is 1. The number of fused-ring (bicyclic) bond motifs is 1. The third kappa shape index (κ3) is 7.47. The van der Waals surface area contributed by atoms with E-state index in [1.165, 1.54) is 47.7 Å². The number of hydrogen-bond donors (Lipinski definition) is 1. The highest BCUT2D eigenvalue weighted by Crippen LogP contribution is 2.27. The van der Waals surface area contributed by atoms with E-state index in [0.29, 0.717) is 22.0 Å². The number of nitrogens with one attached hydrogen (secondary N) is 1. The first kappa shape index (κ1) is 31.8. The molecule has 2 atom stereocenters. The number of Topliss-reactive ketones (excluding diaryl/α,β-unsaturated/α-hetero) is 2. The average Bonchev–Trinajstić information content (AvgIpc) is 3.53. The molecule has 43 heavy (non-hydrogen) atoms. The summed E-state index contributed by atoms with van der Waals surface area (Å²) in [5, 5.41) is 0.432. The smallest absolute Gasteiger partial charge is 0.309 e. The van der Waals surface area contributed by atoms with Gasteiger partial charge in [0.15, 0.2) is 11.6 Å². The van der Waals surface area contributed by atoms with Crippen LogP contribution in [0, 0.1) is 17.7 Å². The van der Waals surface area contributed by atoms with Gasteiger partial charge in [0.1, 0.15) is 18.5 Å². The van der Waals surface area contributed by atoms with Crippen molar-refractivity contribution >= 4 is 55.9 Å². The number of hydrogen-bond acceptors (Lipinski definition) is 6. The average molecular weight is 632 g/mol. The molecule has 2 heterocycles. The Balaban J connectivity index is 1.56. The standard InChI is InChI=1S/C30H28ClF2N3O6S/c1-3-43(41,42)34-28(39)12-8-19-7-10-22-23(18(2)37)16-35(25(22)13-19)17-29(40)36-15-21(32)14-26(36)27(38)11-9-20-5-4-6-24(31)30(20)33/h4-7,10,13,16,21,26H,3,9,11,14-15,17H2,1-2H3,(H,34,39)/t21-,26+/m1/s1. The van der Waals surface area contributed by atoms with Crippen LogP contribution in [0.5, 0.6) is 0 Å². The minimum Gasteiger partial charge on any atom is -0.337 e. The predicted octanol–water partition coefficient (Wildman–Crippen LogP) is 3.59. The molecule has 1 aromatic heterocycles. The molecule has 226 valence electrons. The molecule has 0 spiro atoms. The van der Waals surface area contributed by atoms with Crippen LogP contribution in [-0.4, -0.2) is 65.8 Å². The van der Waals surface area contributed by atoms with Crippen molar-refractivity contribution in [3.8, 4) is 11.8 Å². The maximum Gasteiger partial charge on any atom is 0.309 e. The van der Waals surface area contributed by atoms with Crippen molar-refractivity contribution in [3.05, 3.63) is 70.1 Å². The monoisotopic (exact) mass is 631 g/mol. The van der Waals surface area contributed by atoms with E-state index in [4.69, 9.17) is 11.6 Å². The van der Waals surface area contributed by atoms with Gasteiger partial charge in [0.25, 0.3) is 0 Å². The van der Waals surface area contributed by atoms with E-state index in [0.717, 1.165) is 0 Å². The normalized spacial score (nSPS) is 16.5. The molecule has 1 saturated heterocycles. The van der Waals surface area contributed by atoms with Crippen LogP contribution in [-0.2, 0) is 37.4 Å². The second-order valence-electron chi connectivity index (χ2n) is 10.1. The van der Waals surface area contributed by atoms with Gasteiger partial charge in [0.2, 0.25) is 15.9 Å². The second kappa shape index (κ2) is 13.1. The molecule has 13 heteroatoms. The predicted molar refractivity (Wildman–Crippen MR) is 156 cm³/mol. The Morgan fingerprint density at radius 1 is 1.16 bits per heavy atom. The zero-order valence-electron chi connectivity index (χ0n) is 23.3. The third-order valence-electron chi connectivity index (χ3n) is 7.13. The first-order valence-corrected chi connectivity index (χ1v) is 15.4. The molecule has 1 aliphatic heterocycles. The van der Waals surface area contributed by atoms with E-state index in [2.05, 4.69) is 11.8 Å². The van der Waals surface area contributed by atoms with Crippen LogP contribution >= 0.6 is 11.6 Å². The van der Waals surface area contributed by atoms with E-state index < -0.39 is 45.7 Å². The molecule has 0 unspecified atom stereocenters. The van der Waals surface area contributed by atoms with Crippen LogP contribution in [0.15, 0.2) is 42.6 Å². The van der Waals surface area contributed by atoms with E-state index in [1.54, 1.807) is 18.2 Å². The lowest BCUT2D eigenvalue weighted by molar-refractivity contribution is -0.138. The fraction of sp³-hybridized carbons (Fsp3) is 0.333. The molecule has 0 radical (unpaired) electrons. The van der Waals surface area contributed by atoms with Crippen LogP contribution in [0.1, 0.15) is 48.2 Å². The van der Waals surface area contributed by atoms with Crippen LogP contribution in [0.3, 0.4) is 0 Å². The fourth-order valence-corrected chi connectivity index (χ4v) is 5.59. The van der Waals surface area contributed by atoms with Crippen molar-refractivity contribution in [2.24, 2.45) is 0 Å². The van der Waals surface area contributed by atoms with Crippen molar-refractivity contribution < 1.29 is 36.4 Å². The molecule has 1 fully saturated rings. The van der Waals surface area contributed by atoms with Crippen molar-refractivity contribution in [3.63, 3.8) is 0 Å². The number of ketones is 2. The minimum absolute atomic E-state index is 0.0388. The number of benzene rings is 2. The molecule has 2 aromatic carbocycles. The summed E-state index contributed by atoms with van der Waals surface area (Å²) < 4.78 is 55.3. The summed E-state index contributed by atoms with van der Waals surface area (Å²) in [7, 11) is -3.79. The molecular formula is C30H28ClF2N3O6S. The van der Waals surface area contributed by atoms with Gasteiger partial charge in [-0.05, 0) is 44.0 Å². The van der Waals surface area contributed by atoms with Crippen LogP contribution in [0.2, 0.25) is 5.02 Å². The zero-order valence-corrected chi connectivity index (χ0v) is 24.9. The molecule has 0 aliphatic carbocycles. The number of carbonyl (C=O) groups excluding carboxylic acids is 4. The minimum atomic E-state index is -3.79. The summed E-state index contributed by atoms with van der Waals surface area (Å²) in [6.07, 6.45) is -0.196. The quantitative estimate of drug-likeness (QED) is 0.285. The highest BCUT2D eigenvalue weighted by molar-refractivity contribution is 7.90. The number of carbonyl (C=O) groups is 4. The first-order chi connectivity index (χ1) is 20.3. The lowest BCUT2D eigenvalue weighted by atomic mass is 10.0. The number of aromatic nitrogens is 1. The van der Waals surface area contributed by atoms with Gasteiger partial charge in [-0.25, -0.2) is 21.9 Å². The van der Waals surface area contributed by atoms with Gasteiger partial charge in [-0.3, -0.25) is 19.2 Å². The lowest BCUT2D eigenvalue weighted by Crippen LogP contribution is -2.42. The Morgan fingerprint density at radius 3 is 2.60 bits per heavy atom. The molecule has 0 bridgehead atoms. The van der Waals surface area contributed by atoms with E-state index in [1.807, 2.05) is 4.72 Å². The molecular weight excluding hydrogens is 604 g/mol. The largest absolute Gasteiger partial charge is 0.337 e. The van der Waals surface area contributed by atoms with E-state index in [9.17, 15) is 36.4 Å². The Morgan fingerprint density at radius 2 is 1.91 bits per heavy atom. The highest BCUT2D eigenvalue weighted by Gasteiger charge is 2.39. The van der Waals surface area contributed by atoms with Gasteiger partial charge < -0.3 is 9.47 Å². The van der Waals surface area contributed by atoms with Crippen molar-refractivity contribution in [2.45, 2.75) is 51.9 Å². The van der Waals surface area contributed by atoms with Gasteiger partial charge >= 0.3 is 5.91 Å². The number of amides is 2. The summed E-state index contributed by atoms with van der Waals surface area (Å²) in [6.45, 7) is 2.12. The number of likely N-dealkylation sites (tertiary alicyclic amines) is 1. The molecule has 1 aliphatic rings. The summed E-state index contributed by atoms with van der Waals surface area (Å²) in [6, 6.07) is 8.10. The zero-order chi connectivity index (χ0) is 31.5. The van der Waals surface area contributed by atoms with E-state index >= 15 is 0 Å². The topological polar surface area (TPSA) is 123 Å². The highest BCUT2D eigenvalue weighted by atomic mass is 35.5. The van der Waals surface area contributed by atoms with E-state index in [-0.39, 0.29) is 54.5 Å². The summed E-state index contributed by atoms with van der Waals surface area (Å²) >= 11 is 5.82. The number of halogens is 3. The SMILES string of the molecule is CCS(=O)(=O)NC(=O)C#Cc1ccc2c(C(C)=O)cn(CC(=O)N3C[C@H](F)C[C@H]3C(=O)CCc3cccc(Cl)c3F)c2c1. The van der Waals surface area contributed by atoms with Gasteiger partial charge in [0.05, 0.1) is 28.9 Å². The second-order valence-corrected chi connectivity index (χ2v) is 12.5. The Hall–Kier alpha value is -4.08.